The highest BCUT2D eigenvalue weighted by Gasteiger charge is 2.13. The third-order valence-electron chi connectivity index (χ3n) is 2.32. The molecule has 94 valence electrons. The molecule has 2 aromatic carbocycles. The summed E-state index contributed by atoms with van der Waals surface area (Å²) in [5, 5.41) is 2.77. The van der Waals surface area contributed by atoms with Crippen LogP contribution < -0.4 is 11.1 Å². The van der Waals surface area contributed by atoms with Crippen LogP contribution in [0.5, 0.6) is 0 Å². The molecule has 6 heteroatoms. The topological polar surface area (TPSA) is 38.0 Å². The monoisotopic (exact) mass is 376 g/mol. The van der Waals surface area contributed by atoms with E-state index in [0.29, 0.717) is 10.2 Å². The molecule has 0 spiro atoms. The number of anilines is 3. The third-order valence-corrected chi connectivity index (χ3v) is 3.47. The lowest BCUT2D eigenvalue weighted by Gasteiger charge is -2.12. The summed E-state index contributed by atoms with van der Waals surface area (Å²) < 4.78 is 28.3. The fourth-order valence-corrected chi connectivity index (χ4v) is 2.56. The molecule has 0 bridgehead atoms. The van der Waals surface area contributed by atoms with Gasteiger partial charge in [-0.3, -0.25) is 0 Å². The Bertz CT molecular complexity index is 603. The van der Waals surface area contributed by atoms with Crippen molar-refractivity contribution in [2.24, 2.45) is 0 Å². The van der Waals surface area contributed by atoms with Crippen LogP contribution in [-0.4, -0.2) is 0 Å². The van der Waals surface area contributed by atoms with Crippen molar-refractivity contribution >= 4 is 48.9 Å². The van der Waals surface area contributed by atoms with Crippen LogP contribution in [0.4, 0.5) is 25.8 Å². The molecule has 0 fully saturated rings. The Balaban J connectivity index is 2.43. The summed E-state index contributed by atoms with van der Waals surface area (Å²) in [5.41, 5.74) is 6.29. The number of hydrogen-bond donors (Lipinski definition) is 2. The maximum Gasteiger partial charge on any atom is 0.184 e. The van der Waals surface area contributed by atoms with Crippen molar-refractivity contribution < 1.29 is 8.78 Å². The predicted molar refractivity (Wildman–Crippen MR) is 75.9 cm³/mol. The summed E-state index contributed by atoms with van der Waals surface area (Å²) in [6, 6.07) is 7.59. The normalized spacial score (nSPS) is 10.4. The molecular weight excluding hydrogens is 370 g/mol. The first-order valence-corrected chi connectivity index (χ1v) is 6.53. The van der Waals surface area contributed by atoms with Gasteiger partial charge in [0.2, 0.25) is 0 Å². The zero-order valence-corrected chi connectivity index (χ0v) is 12.1. The Hall–Kier alpha value is -1.14. The molecule has 18 heavy (non-hydrogen) atoms. The van der Waals surface area contributed by atoms with E-state index in [-0.39, 0.29) is 11.4 Å². The molecule has 0 aromatic heterocycles. The van der Waals surface area contributed by atoms with E-state index in [4.69, 9.17) is 5.73 Å². The molecule has 2 aromatic rings. The van der Waals surface area contributed by atoms with Gasteiger partial charge in [-0.25, -0.2) is 8.78 Å². The fraction of sp³-hybridized carbons (Fsp3) is 0. The fourth-order valence-electron chi connectivity index (χ4n) is 1.42. The van der Waals surface area contributed by atoms with Gasteiger partial charge in [-0.1, -0.05) is 15.9 Å². The minimum Gasteiger partial charge on any atom is -0.397 e. The Kier molecular flexibility index (Phi) is 3.87. The van der Waals surface area contributed by atoms with Gasteiger partial charge in [-0.2, -0.15) is 0 Å². The molecule has 0 unspecified atom stereocenters. The summed E-state index contributed by atoms with van der Waals surface area (Å²) in [4.78, 5) is 0. The summed E-state index contributed by atoms with van der Waals surface area (Å²) in [7, 11) is 0. The van der Waals surface area contributed by atoms with E-state index >= 15 is 0 Å². The van der Waals surface area contributed by atoms with Crippen molar-refractivity contribution in [1.82, 2.24) is 0 Å². The number of nitrogens with two attached hydrogens (primary N) is 1. The first kappa shape index (κ1) is 13.3. The average Bonchev–Trinajstić information content (AvgIpc) is 2.32. The summed E-state index contributed by atoms with van der Waals surface area (Å²) in [5.74, 6) is -1.94. The van der Waals surface area contributed by atoms with Crippen molar-refractivity contribution in [3.8, 4) is 0 Å². The van der Waals surface area contributed by atoms with E-state index in [9.17, 15) is 8.78 Å². The number of rotatable bonds is 2. The highest BCUT2D eigenvalue weighted by molar-refractivity contribution is 9.11. The Morgan fingerprint density at radius 2 is 1.78 bits per heavy atom. The molecular formula is C12H8Br2F2N2. The lowest BCUT2D eigenvalue weighted by atomic mass is 10.2. The smallest absolute Gasteiger partial charge is 0.184 e. The molecule has 0 saturated carbocycles. The van der Waals surface area contributed by atoms with Crippen molar-refractivity contribution in [3.05, 3.63) is 50.9 Å². The maximum absolute atomic E-state index is 13.6. The molecule has 0 aliphatic rings. The molecule has 2 rings (SSSR count). The van der Waals surface area contributed by atoms with Gasteiger partial charge in [0.25, 0.3) is 0 Å². The molecule has 0 aliphatic heterocycles. The van der Waals surface area contributed by atoms with Crippen LogP contribution >= 0.6 is 31.9 Å². The molecule has 0 saturated heterocycles. The van der Waals surface area contributed by atoms with Crippen molar-refractivity contribution in [2.45, 2.75) is 0 Å². The van der Waals surface area contributed by atoms with Crippen molar-refractivity contribution in [2.75, 3.05) is 11.1 Å². The number of nitrogen functional groups attached to an aromatic ring is 1. The standard InChI is InChI=1S/C12H8Br2F2N2/c13-6-1-4-10(7(14)5-6)18-12-9(17)3-2-8(15)11(12)16/h1-5,18H,17H2. The molecule has 0 amide bonds. The maximum atomic E-state index is 13.6. The first-order valence-electron chi connectivity index (χ1n) is 4.94. The third kappa shape index (κ3) is 2.64. The highest BCUT2D eigenvalue weighted by Crippen LogP contribution is 2.33. The first-order chi connectivity index (χ1) is 8.49. The Morgan fingerprint density at radius 3 is 2.44 bits per heavy atom. The summed E-state index contributed by atoms with van der Waals surface area (Å²) >= 11 is 6.63. The van der Waals surface area contributed by atoms with Gasteiger partial charge >= 0.3 is 0 Å². The average molecular weight is 378 g/mol. The number of hydrogen-bond acceptors (Lipinski definition) is 2. The quantitative estimate of drug-likeness (QED) is 0.736. The van der Waals surface area contributed by atoms with E-state index in [1.807, 2.05) is 0 Å². The van der Waals surface area contributed by atoms with Gasteiger partial charge in [0.05, 0.1) is 11.4 Å². The van der Waals surface area contributed by atoms with E-state index in [0.717, 1.165) is 10.5 Å². The van der Waals surface area contributed by atoms with Crippen molar-refractivity contribution in [1.29, 1.82) is 0 Å². The van der Waals surface area contributed by atoms with Crippen LogP contribution in [0, 0.1) is 11.6 Å². The van der Waals surface area contributed by atoms with Crippen LogP contribution in [0.15, 0.2) is 39.3 Å². The Labute approximate surface area is 119 Å². The molecule has 3 N–H and O–H groups in total. The van der Waals surface area contributed by atoms with Gasteiger partial charge in [0.15, 0.2) is 11.6 Å². The molecule has 0 heterocycles. The van der Waals surface area contributed by atoms with E-state index in [2.05, 4.69) is 37.2 Å². The van der Waals surface area contributed by atoms with E-state index in [1.54, 1.807) is 18.2 Å². The van der Waals surface area contributed by atoms with Gasteiger partial charge in [0, 0.05) is 8.95 Å². The van der Waals surface area contributed by atoms with Gasteiger partial charge in [-0.15, -0.1) is 0 Å². The van der Waals surface area contributed by atoms with E-state index in [1.165, 1.54) is 6.07 Å². The Morgan fingerprint density at radius 1 is 1.06 bits per heavy atom. The number of benzene rings is 2. The van der Waals surface area contributed by atoms with Crippen LogP contribution in [-0.2, 0) is 0 Å². The minimum absolute atomic E-state index is 0.0713. The molecule has 2 nitrogen and oxygen atoms in total. The van der Waals surface area contributed by atoms with Crippen LogP contribution in [0.25, 0.3) is 0 Å². The zero-order chi connectivity index (χ0) is 13.3. The molecule has 0 radical (unpaired) electrons. The van der Waals surface area contributed by atoms with E-state index < -0.39 is 11.6 Å². The number of halogens is 4. The second kappa shape index (κ2) is 5.24. The van der Waals surface area contributed by atoms with Gasteiger partial charge < -0.3 is 11.1 Å². The van der Waals surface area contributed by atoms with Crippen LogP contribution in [0.2, 0.25) is 0 Å². The van der Waals surface area contributed by atoms with Crippen LogP contribution in [0.1, 0.15) is 0 Å². The SMILES string of the molecule is Nc1ccc(F)c(F)c1Nc1ccc(Br)cc1Br. The van der Waals surface area contributed by atoms with Crippen LogP contribution in [0.3, 0.4) is 0 Å². The van der Waals surface area contributed by atoms with Gasteiger partial charge in [-0.05, 0) is 46.3 Å². The largest absolute Gasteiger partial charge is 0.397 e. The van der Waals surface area contributed by atoms with Crippen molar-refractivity contribution in [3.63, 3.8) is 0 Å². The second-order valence-electron chi connectivity index (χ2n) is 3.57. The second-order valence-corrected chi connectivity index (χ2v) is 5.34. The lowest BCUT2D eigenvalue weighted by Crippen LogP contribution is -2.01. The minimum atomic E-state index is -0.996. The lowest BCUT2D eigenvalue weighted by molar-refractivity contribution is 0.512. The highest BCUT2D eigenvalue weighted by atomic mass is 79.9. The zero-order valence-electron chi connectivity index (χ0n) is 8.98. The number of nitrogens with one attached hydrogen (secondary N) is 1. The molecule has 0 atom stereocenters. The van der Waals surface area contributed by atoms with Gasteiger partial charge in [0.1, 0.15) is 5.69 Å². The molecule has 0 aliphatic carbocycles. The summed E-state index contributed by atoms with van der Waals surface area (Å²) in [6.45, 7) is 0. The predicted octanol–water partition coefficient (Wildman–Crippen LogP) is 4.82. The summed E-state index contributed by atoms with van der Waals surface area (Å²) in [6.07, 6.45) is 0.